The molecule has 5 nitrogen and oxygen atoms in total. The second-order valence-corrected chi connectivity index (χ2v) is 2.45. The lowest BCUT2D eigenvalue weighted by Crippen LogP contribution is -2.26. The lowest BCUT2D eigenvalue weighted by molar-refractivity contribution is -0.158. The van der Waals surface area contributed by atoms with Gasteiger partial charge in [-0.05, 0) is 6.42 Å². The van der Waals surface area contributed by atoms with Gasteiger partial charge in [0.25, 0.3) is 5.91 Å². The van der Waals surface area contributed by atoms with Crippen LogP contribution in [-0.2, 0) is 19.2 Å². The molecule has 0 radical (unpaired) electrons. The van der Waals surface area contributed by atoms with Gasteiger partial charge in [0.15, 0.2) is 0 Å². The van der Waals surface area contributed by atoms with Gasteiger partial charge in [-0.15, -0.1) is 0 Å². The summed E-state index contributed by atoms with van der Waals surface area (Å²) in [4.78, 5) is 35.7. The van der Waals surface area contributed by atoms with Crippen LogP contribution in [0.2, 0.25) is 0 Å². The second-order valence-electron chi connectivity index (χ2n) is 2.45. The number of rotatable bonds is 5. The maximum atomic E-state index is 10.8. The molecule has 1 N–H and O–H groups in total. The predicted octanol–water partition coefficient (Wildman–Crippen LogP) is 0.340. The summed E-state index contributed by atoms with van der Waals surface area (Å²) in [6, 6.07) is 0. The third kappa shape index (κ3) is 6.99. The van der Waals surface area contributed by atoms with E-state index in [0.29, 0.717) is 12.7 Å². The van der Waals surface area contributed by atoms with Gasteiger partial charge < -0.3 is 9.63 Å². The van der Waals surface area contributed by atoms with Crippen molar-refractivity contribution in [3.05, 3.63) is 0 Å². The van der Waals surface area contributed by atoms with Gasteiger partial charge in [-0.3, -0.25) is 4.79 Å². The molecule has 5 heteroatoms. The Bertz CT molecular complexity index is 191. The molecular formula is C8H13NO4. The van der Waals surface area contributed by atoms with E-state index in [1.807, 2.05) is 12.4 Å². The molecule has 0 aliphatic carbocycles. The maximum absolute atomic E-state index is 10.8. The van der Waals surface area contributed by atoms with Crippen LogP contribution in [0.1, 0.15) is 32.6 Å². The summed E-state index contributed by atoms with van der Waals surface area (Å²) in [5.74, 6) is -0.932. The average Bonchev–Trinajstić information content (AvgIpc) is 2.12. The van der Waals surface area contributed by atoms with Crippen LogP contribution < -0.4 is 5.48 Å². The highest BCUT2D eigenvalue weighted by atomic mass is 16.7. The van der Waals surface area contributed by atoms with Crippen molar-refractivity contribution in [2.75, 3.05) is 0 Å². The minimum atomic E-state index is -0.470. The normalized spacial score (nSPS) is 9.00. The third-order valence-electron chi connectivity index (χ3n) is 1.22. The standard InChI is InChI=1S/C8H13NO4/c1-2-4-8(12)13-9-7(11)5-3-6-10/h6H,2-5H2,1H3,(H,9,11). The zero-order valence-electron chi connectivity index (χ0n) is 7.54. The molecule has 0 aromatic rings. The first-order valence-electron chi connectivity index (χ1n) is 4.12. The summed E-state index contributed by atoms with van der Waals surface area (Å²) < 4.78 is 0. The first kappa shape index (κ1) is 11.6. The Labute approximate surface area is 76.4 Å². The summed E-state index contributed by atoms with van der Waals surface area (Å²) in [6.07, 6.45) is 1.75. The van der Waals surface area contributed by atoms with Crippen molar-refractivity contribution in [3.8, 4) is 0 Å². The van der Waals surface area contributed by atoms with E-state index in [1.165, 1.54) is 0 Å². The Hall–Kier alpha value is -1.39. The molecule has 74 valence electrons. The molecule has 0 saturated heterocycles. The van der Waals surface area contributed by atoms with Gasteiger partial charge in [-0.1, -0.05) is 6.92 Å². The number of hydrogen-bond donors (Lipinski definition) is 1. The molecule has 0 aliphatic rings. The minimum absolute atomic E-state index is 0.0445. The van der Waals surface area contributed by atoms with Crippen LogP contribution >= 0.6 is 0 Å². The van der Waals surface area contributed by atoms with E-state index < -0.39 is 11.9 Å². The number of hydrogen-bond acceptors (Lipinski definition) is 4. The fourth-order valence-corrected chi connectivity index (χ4v) is 0.610. The Kier molecular flexibility index (Phi) is 6.49. The molecule has 1 amide bonds. The predicted molar refractivity (Wildman–Crippen MR) is 44.4 cm³/mol. The van der Waals surface area contributed by atoms with Crippen molar-refractivity contribution < 1.29 is 19.2 Å². The molecule has 0 rings (SSSR count). The molecule has 0 unspecified atom stereocenters. The van der Waals surface area contributed by atoms with E-state index in [2.05, 4.69) is 4.84 Å². The number of hydroxylamine groups is 1. The van der Waals surface area contributed by atoms with Gasteiger partial charge in [0.1, 0.15) is 6.29 Å². The highest BCUT2D eigenvalue weighted by Gasteiger charge is 2.04. The van der Waals surface area contributed by atoms with Crippen LogP contribution in [0.25, 0.3) is 0 Å². The summed E-state index contributed by atoms with van der Waals surface area (Å²) in [5, 5.41) is 0. The molecule has 0 saturated carbocycles. The van der Waals surface area contributed by atoms with Gasteiger partial charge in [-0.2, -0.15) is 5.48 Å². The highest BCUT2D eigenvalue weighted by Crippen LogP contribution is 1.90. The lowest BCUT2D eigenvalue weighted by atomic mass is 10.3. The van der Waals surface area contributed by atoms with Crippen molar-refractivity contribution in [2.24, 2.45) is 0 Å². The molecule has 0 spiro atoms. The fraction of sp³-hybridized carbons (Fsp3) is 0.625. The lowest BCUT2D eigenvalue weighted by Gasteiger charge is -2.02. The van der Waals surface area contributed by atoms with Crippen molar-refractivity contribution >= 4 is 18.2 Å². The van der Waals surface area contributed by atoms with E-state index >= 15 is 0 Å². The SMILES string of the molecule is CCCC(=O)ONC(=O)CCC=O. The number of nitrogens with one attached hydrogen (secondary N) is 1. The number of aldehydes is 1. The van der Waals surface area contributed by atoms with E-state index in [-0.39, 0.29) is 19.3 Å². The van der Waals surface area contributed by atoms with Crippen LogP contribution in [0.5, 0.6) is 0 Å². The summed E-state index contributed by atoms with van der Waals surface area (Å²) in [5.41, 5.74) is 1.95. The van der Waals surface area contributed by atoms with E-state index in [4.69, 9.17) is 0 Å². The van der Waals surface area contributed by atoms with E-state index in [1.54, 1.807) is 0 Å². The molecule has 0 aromatic carbocycles. The smallest absolute Gasteiger partial charge is 0.332 e. The maximum Gasteiger partial charge on any atom is 0.332 e. The van der Waals surface area contributed by atoms with Crippen LogP contribution in [0.4, 0.5) is 0 Å². The molecule has 0 aliphatic heterocycles. The van der Waals surface area contributed by atoms with Crippen LogP contribution in [0, 0.1) is 0 Å². The quantitative estimate of drug-likeness (QED) is 0.497. The van der Waals surface area contributed by atoms with Crippen LogP contribution in [0.3, 0.4) is 0 Å². The Morgan fingerprint density at radius 2 is 2.08 bits per heavy atom. The molecular weight excluding hydrogens is 174 g/mol. The molecule has 0 fully saturated rings. The minimum Gasteiger partial charge on any atom is -0.341 e. The Balaban J connectivity index is 3.45. The molecule has 0 atom stereocenters. The molecule has 0 heterocycles. The van der Waals surface area contributed by atoms with Crippen LogP contribution in [-0.4, -0.2) is 18.2 Å². The third-order valence-corrected chi connectivity index (χ3v) is 1.22. The Morgan fingerprint density at radius 3 is 2.62 bits per heavy atom. The van der Waals surface area contributed by atoms with E-state index in [9.17, 15) is 14.4 Å². The number of carbonyl (C=O) groups excluding carboxylic acids is 3. The van der Waals surface area contributed by atoms with E-state index in [0.717, 1.165) is 0 Å². The Morgan fingerprint density at radius 1 is 1.38 bits per heavy atom. The monoisotopic (exact) mass is 187 g/mol. The van der Waals surface area contributed by atoms with Gasteiger partial charge in [0.2, 0.25) is 0 Å². The first-order chi connectivity index (χ1) is 6.20. The number of amides is 1. The summed E-state index contributed by atoms with van der Waals surface area (Å²) >= 11 is 0. The largest absolute Gasteiger partial charge is 0.341 e. The van der Waals surface area contributed by atoms with Gasteiger partial charge in [0, 0.05) is 19.3 Å². The molecule has 0 aromatic heterocycles. The average molecular weight is 187 g/mol. The fourth-order valence-electron chi connectivity index (χ4n) is 0.610. The highest BCUT2D eigenvalue weighted by molar-refractivity contribution is 5.79. The molecule has 13 heavy (non-hydrogen) atoms. The van der Waals surface area contributed by atoms with Crippen molar-refractivity contribution in [2.45, 2.75) is 32.6 Å². The molecule has 0 bridgehead atoms. The first-order valence-corrected chi connectivity index (χ1v) is 4.12. The zero-order valence-corrected chi connectivity index (χ0v) is 7.54. The topological polar surface area (TPSA) is 72.5 Å². The van der Waals surface area contributed by atoms with Gasteiger partial charge in [0.05, 0.1) is 0 Å². The van der Waals surface area contributed by atoms with Crippen molar-refractivity contribution in [1.82, 2.24) is 5.48 Å². The second kappa shape index (κ2) is 7.27. The summed E-state index contributed by atoms with van der Waals surface area (Å²) in [7, 11) is 0. The van der Waals surface area contributed by atoms with Gasteiger partial charge in [-0.25, -0.2) is 4.79 Å². The van der Waals surface area contributed by atoms with Gasteiger partial charge >= 0.3 is 5.97 Å². The van der Waals surface area contributed by atoms with Crippen molar-refractivity contribution in [3.63, 3.8) is 0 Å². The number of carbonyl (C=O) groups is 3. The summed E-state index contributed by atoms with van der Waals surface area (Å²) in [6.45, 7) is 1.83. The van der Waals surface area contributed by atoms with Crippen LogP contribution in [0.15, 0.2) is 0 Å². The van der Waals surface area contributed by atoms with Crippen molar-refractivity contribution in [1.29, 1.82) is 0 Å². The zero-order chi connectivity index (χ0) is 10.1.